The van der Waals surface area contributed by atoms with Crippen LogP contribution in [0.15, 0.2) is 42.5 Å². The molecule has 0 aliphatic carbocycles. The second kappa shape index (κ2) is 6.50. The van der Waals surface area contributed by atoms with Crippen molar-refractivity contribution in [2.75, 3.05) is 17.2 Å². The summed E-state index contributed by atoms with van der Waals surface area (Å²) in [5.41, 5.74) is 7.22. The Hall–Kier alpha value is -2.20. The molecule has 0 aliphatic rings. The fraction of sp³-hybridized carbons (Fsp3) is 0.188. The summed E-state index contributed by atoms with van der Waals surface area (Å²) in [4.78, 5) is 14.3. The van der Waals surface area contributed by atoms with E-state index in [9.17, 15) is 9.90 Å². The van der Waals surface area contributed by atoms with Gasteiger partial charge in [0.05, 0.1) is 5.56 Å². The first kappa shape index (κ1) is 15.2. The number of carbonyl (C=O) groups excluding carboxylic acids is 1. The lowest BCUT2D eigenvalue weighted by Crippen LogP contribution is -2.31. The molecule has 4 nitrogen and oxygen atoms in total. The maximum atomic E-state index is 12.7. The largest absolute Gasteiger partial charge is 0.507 e. The maximum Gasteiger partial charge on any atom is 0.262 e. The Balaban J connectivity index is 2.39. The average Bonchev–Trinajstić information content (AvgIpc) is 2.48. The van der Waals surface area contributed by atoms with Crippen LogP contribution in [0.5, 0.6) is 5.75 Å². The Labute approximate surface area is 128 Å². The van der Waals surface area contributed by atoms with E-state index in [0.29, 0.717) is 17.3 Å². The number of hydrogen-bond acceptors (Lipinski definition) is 3. The molecule has 0 heterocycles. The number of phenols is 1. The van der Waals surface area contributed by atoms with E-state index in [2.05, 4.69) is 0 Å². The fourth-order valence-electron chi connectivity index (χ4n) is 2.05. The van der Waals surface area contributed by atoms with Crippen molar-refractivity contribution in [2.24, 2.45) is 0 Å². The molecule has 0 bridgehead atoms. The molecule has 0 unspecified atom stereocenters. The van der Waals surface area contributed by atoms with Gasteiger partial charge in [-0.3, -0.25) is 4.79 Å². The van der Waals surface area contributed by atoms with Crippen LogP contribution in [0.1, 0.15) is 23.7 Å². The van der Waals surface area contributed by atoms with Crippen molar-refractivity contribution in [1.82, 2.24) is 0 Å². The molecule has 5 heteroatoms. The lowest BCUT2D eigenvalue weighted by atomic mass is 10.1. The standard InChI is InChI=1S/C16H17ClN2O2/c1-2-9-19(13-6-4-12(18)5-7-13)16(21)14-10-11(17)3-8-15(14)20/h3-8,10,20H,2,9,18H2,1H3. The molecule has 0 spiro atoms. The van der Waals surface area contributed by atoms with Crippen LogP contribution in [0.4, 0.5) is 11.4 Å². The Bertz CT molecular complexity index is 641. The van der Waals surface area contributed by atoms with Crippen molar-refractivity contribution in [3.63, 3.8) is 0 Å². The molecule has 2 aromatic carbocycles. The molecule has 21 heavy (non-hydrogen) atoms. The van der Waals surface area contributed by atoms with Gasteiger partial charge in [0, 0.05) is 22.9 Å². The van der Waals surface area contributed by atoms with Crippen LogP contribution < -0.4 is 10.6 Å². The van der Waals surface area contributed by atoms with E-state index in [0.717, 1.165) is 12.1 Å². The molecule has 0 fully saturated rings. The van der Waals surface area contributed by atoms with Gasteiger partial charge >= 0.3 is 0 Å². The molecule has 0 saturated carbocycles. The first-order valence-electron chi connectivity index (χ1n) is 6.69. The van der Waals surface area contributed by atoms with Crippen molar-refractivity contribution in [3.8, 4) is 5.75 Å². The molecule has 0 saturated heterocycles. The minimum absolute atomic E-state index is 0.0825. The normalized spacial score (nSPS) is 10.4. The van der Waals surface area contributed by atoms with Gasteiger partial charge in [-0.05, 0) is 48.9 Å². The summed E-state index contributed by atoms with van der Waals surface area (Å²) < 4.78 is 0. The summed E-state index contributed by atoms with van der Waals surface area (Å²) in [6, 6.07) is 11.5. The number of benzene rings is 2. The first-order valence-corrected chi connectivity index (χ1v) is 7.06. The fourth-order valence-corrected chi connectivity index (χ4v) is 2.22. The van der Waals surface area contributed by atoms with Crippen LogP contribution in [-0.4, -0.2) is 17.6 Å². The van der Waals surface area contributed by atoms with E-state index in [1.807, 2.05) is 6.92 Å². The van der Waals surface area contributed by atoms with Crippen molar-refractivity contribution in [3.05, 3.63) is 53.1 Å². The number of phenolic OH excluding ortho intramolecular Hbond substituents is 1. The highest BCUT2D eigenvalue weighted by atomic mass is 35.5. The van der Waals surface area contributed by atoms with E-state index < -0.39 is 0 Å². The average molecular weight is 305 g/mol. The Morgan fingerprint density at radius 1 is 1.24 bits per heavy atom. The van der Waals surface area contributed by atoms with Crippen LogP contribution in [0.25, 0.3) is 0 Å². The molecular formula is C16H17ClN2O2. The van der Waals surface area contributed by atoms with E-state index >= 15 is 0 Å². The molecule has 3 N–H and O–H groups in total. The number of nitrogen functional groups attached to an aromatic ring is 1. The topological polar surface area (TPSA) is 66.6 Å². The lowest BCUT2D eigenvalue weighted by molar-refractivity contribution is 0.0984. The number of hydrogen-bond donors (Lipinski definition) is 2. The van der Waals surface area contributed by atoms with Crippen molar-refractivity contribution < 1.29 is 9.90 Å². The van der Waals surface area contributed by atoms with Gasteiger partial charge in [0.25, 0.3) is 5.91 Å². The molecule has 2 rings (SSSR count). The van der Waals surface area contributed by atoms with E-state index in [4.69, 9.17) is 17.3 Å². The number of halogens is 1. The Morgan fingerprint density at radius 2 is 1.90 bits per heavy atom. The number of anilines is 2. The van der Waals surface area contributed by atoms with Crippen molar-refractivity contribution >= 4 is 28.9 Å². The predicted molar refractivity (Wildman–Crippen MR) is 85.9 cm³/mol. The Morgan fingerprint density at radius 3 is 2.52 bits per heavy atom. The van der Waals surface area contributed by atoms with E-state index in [1.54, 1.807) is 35.2 Å². The molecule has 0 aromatic heterocycles. The highest BCUT2D eigenvalue weighted by molar-refractivity contribution is 6.31. The van der Waals surface area contributed by atoms with Gasteiger partial charge in [-0.1, -0.05) is 18.5 Å². The van der Waals surface area contributed by atoms with Gasteiger partial charge in [0.15, 0.2) is 0 Å². The molecule has 110 valence electrons. The van der Waals surface area contributed by atoms with E-state index in [-0.39, 0.29) is 17.2 Å². The number of amides is 1. The number of nitrogens with zero attached hydrogens (tertiary/aromatic N) is 1. The summed E-state index contributed by atoms with van der Waals surface area (Å²) >= 11 is 5.91. The summed E-state index contributed by atoms with van der Waals surface area (Å²) in [7, 11) is 0. The minimum atomic E-state index is -0.290. The molecule has 0 radical (unpaired) electrons. The third kappa shape index (κ3) is 3.47. The van der Waals surface area contributed by atoms with Crippen molar-refractivity contribution in [2.45, 2.75) is 13.3 Å². The third-order valence-electron chi connectivity index (χ3n) is 3.09. The van der Waals surface area contributed by atoms with Gasteiger partial charge < -0.3 is 15.7 Å². The van der Waals surface area contributed by atoms with Crippen molar-refractivity contribution in [1.29, 1.82) is 0 Å². The zero-order valence-electron chi connectivity index (χ0n) is 11.7. The van der Waals surface area contributed by atoms with Crippen LogP contribution in [0.3, 0.4) is 0 Å². The van der Waals surface area contributed by atoms with Gasteiger partial charge in [-0.2, -0.15) is 0 Å². The first-order chi connectivity index (χ1) is 10.0. The number of carbonyl (C=O) groups is 1. The van der Waals surface area contributed by atoms with Gasteiger partial charge in [-0.25, -0.2) is 0 Å². The predicted octanol–water partition coefficient (Wildman–Crippen LogP) is 3.68. The highest BCUT2D eigenvalue weighted by Crippen LogP contribution is 2.26. The van der Waals surface area contributed by atoms with Crippen LogP contribution in [-0.2, 0) is 0 Å². The van der Waals surface area contributed by atoms with Crippen LogP contribution in [0.2, 0.25) is 5.02 Å². The van der Waals surface area contributed by atoms with Gasteiger partial charge in [0.2, 0.25) is 0 Å². The lowest BCUT2D eigenvalue weighted by Gasteiger charge is -2.23. The summed E-state index contributed by atoms with van der Waals surface area (Å²) in [5, 5.41) is 10.3. The van der Waals surface area contributed by atoms with Gasteiger partial charge in [0.1, 0.15) is 5.75 Å². The number of nitrogens with two attached hydrogens (primary N) is 1. The molecule has 1 amide bonds. The summed E-state index contributed by atoms with van der Waals surface area (Å²) in [6.45, 7) is 2.52. The van der Waals surface area contributed by atoms with E-state index in [1.165, 1.54) is 12.1 Å². The molecule has 0 atom stereocenters. The zero-order chi connectivity index (χ0) is 15.4. The maximum absolute atomic E-state index is 12.7. The van der Waals surface area contributed by atoms with Gasteiger partial charge in [-0.15, -0.1) is 0 Å². The molecule has 2 aromatic rings. The SMILES string of the molecule is CCCN(C(=O)c1cc(Cl)ccc1O)c1ccc(N)cc1. The zero-order valence-corrected chi connectivity index (χ0v) is 12.5. The quantitative estimate of drug-likeness (QED) is 0.847. The summed E-state index contributed by atoms with van der Waals surface area (Å²) in [6.07, 6.45) is 0.789. The molecular weight excluding hydrogens is 288 g/mol. The number of rotatable bonds is 4. The number of aromatic hydroxyl groups is 1. The summed E-state index contributed by atoms with van der Waals surface area (Å²) in [5.74, 6) is -0.373. The van der Waals surface area contributed by atoms with Crippen LogP contribution in [0, 0.1) is 0 Å². The smallest absolute Gasteiger partial charge is 0.262 e. The van der Waals surface area contributed by atoms with Crippen LogP contribution >= 0.6 is 11.6 Å². The highest BCUT2D eigenvalue weighted by Gasteiger charge is 2.20. The second-order valence-electron chi connectivity index (χ2n) is 4.71. The minimum Gasteiger partial charge on any atom is -0.507 e. The monoisotopic (exact) mass is 304 g/mol. The third-order valence-corrected chi connectivity index (χ3v) is 3.32. The second-order valence-corrected chi connectivity index (χ2v) is 5.15. The molecule has 0 aliphatic heterocycles. The Kier molecular flexibility index (Phi) is 4.70.